The Hall–Kier alpha value is -3.69. The summed E-state index contributed by atoms with van der Waals surface area (Å²) in [6, 6.07) is 25.7. The molecule has 0 aliphatic rings. The Labute approximate surface area is 175 Å². The second-order valence-corrected chi connectivity index (χ2v) is 7.24. The number of benzene rings is 3. The number of carboxylic acid groups (broad SMARTS) is 1. The molecule has 1 heterocycles. The molecule has 0 amide bonds. The second-order valence-electron chi connectivity index (χ2n) is 6.32. The van der Waals surface area contributed by atoms with E-state index in [4.69, 9.17) is 5.26 Å². The van der Waals surface area contributed by atoms with Crippen molar-refractivity contribution in [3.8, 4) is 34.3 Å². The van der Waals surface area contributed by atoms with E-state index in [1.165, 1.54) is 0 Å². The molecule has 6 heteroatoms. The standard InChI is InChI=1S/C23H14BrN3O2/c24-18-7-4-8-19(13-18)27-22(17-5-2-1-3-6-17)20(23(28)29)21(26-27)16-11-9-15(14-25)10-12-16/h1-13H,(H,28,29). The van der Waals surface area contributed by atoms with Crippen LogP contribution in [0.3, 0.4) is 0 Å². The smallest absolute Gasteiger partial charge is 0.340 e. The molecule has 0 bridgehead atoms. The largest absolute Gasteiger partial charge is 0.478 e. The maximum Gasteiger partial charge on any atom is 0.340 e. The van der Waals surface area contributed by atoms with Crippen molar-refractivity contribution >= 4 is 21.9 Å². The minimum atomic E-state index is -1.07. The molecule has 0 spiro atoms. The lowest BCUT2D eigenvalue weighted by Gasteiger charge is -2.09. The SMILES string of the molecule is N#Cc1ccc(-c2nn(-c3cccc(Br)c3)c(-c3ccccc3)c2C(=O)O)cc1. The number of rotatable bonds is 4. The van der Waals surface area contributed by atoms with Gasteiger partial charge in [0.2, 0.25) is 0 Å². The number of nitrogens with zero attached hydrogens (tertiary/aromatic N) is 3. The Morgan fingerprint density at radius 1 is 0.966 bits per heavy atom. The van der Waals surface area contributed by atoms with Crippen LogP contribution in [0, 0.1) is 11.3 Å². The Bertz CT molecular complexity index is 1240. The fourth-order valence-electron chi connectivity index (χ4n) is 3.18. The van der Waals surface area contributed by atoms with E-state index < -0.39 is 5.97 Å². The van der Waals surface area contributed by atoms with Gasteiger partial charge in [-0.15, -0.1) is 0 Å². The third-order valence-electron chi connectivity index (χ3n) is 4.49. The molecule has 4 rings (SSSR count). The second kappa shape index (κ2) is 7.74. The van der Waals surface area contributed by atoms with Crippen molar-refractivity contribution in [2.24, 2.45) is 0 Å². The molecule has 140 valence electrons. The number of hydrogen-bond acceptors (Lipinski definition) is 3. The first-order valence-corrected chi connectivity index (χ1v) is 9.56. The minimum Gasteiger partial charge on any atom is -0.478 e. The van der Waals surface area contributed by atoms with Crippen molar-refractivity contribution in [1.82, 2.24) is 9.78 Å². The molecule has 1 N–H and O–H groups in total. The molecule has 4 aromatic rings. The molecule has 3 aromatic carbocycles. The van der Waals surface area contributed by atoms with Crippen LogP contribution in [0.5, 0.6) is 0 Å². The number of carboxylic acids is 1. The Kier molecular flexibility index (Phi) is 4.98. The van der Waals surface area contributed by atoms with E-state index in [1.807, 2.05) is 54.6 Å². The number of nitriles is 1. The van der Waals surface area contributed by atoms with Gasteiger partial charge in [-0.05, 0) is 30.3 Å². The summed E-state index contributed by atoms with van der Waals surface area (Å²) in [5.74, 6) is -1.07. The first-order chi connectivity index (χ1) is 14.1. The molecule has 0 unspecified atom stereocenters. The predicted molar refractivity (Wildman–Crippen MR) is 114 cm³/mol. The number of carbonyl (C=O) groups is 1. The van der Waals surface area contributed by atoms with Crippen molar-refractivity contribution < 1.29 is 9.90 Å². The summed E-state index contributed by atoms with van der Waals surface area (Å²) in [5.41, 5.74) is 3.57. The van der Waals surface area contributed by atoms with Gasteiger partial charge in [-0.1, -0.05) is 64.5 Å². The summed E-state index contributed by atoms with van der Waals surface area (Å²) in [6.45, 7) is 0. The van der Waals surface area contributed by atoms with Crippen molar-refractivity contribution in [1.29, 1.82) is 5.26 Å². The molecule has 0 saturated heterocycles. The van der Waals surface area contributed by atoms with Gasteiger partial charge in [-0.25, -0.2) is 9.48 Å². The highest BCUT2D eigenvalue weighted by Crippen LogP contribution is 2.35. The predicted octanol–water partition coefficient (Wildman–Crippen LogP) is 5.54. The molecule has 29 heavy (non-hydrogen) atoms. The average molecular weight is 444 g/mol. The van der Waals surface area contributed by atoms with E-state index in [9.17, 15) is 9.90 Å². The summed E-state index contributed by atoms with van der Waals surface area (Å²) in [6.07, 6.45) is 0. The summed E-state index contributed by atoms with van der Waals surface area (Å²) in [5, 5.41) is 23.8. The van der Waals surface area contributed by atoms with Crippen LogP contribution in [0.2, 0.25) is 0 Å². The third kappa shape index (κ3) is 3.56. The van der Waals surface area contributed by atoms with Gasteiger partial charge in [0.25, 0.3) is 0 Å². The maximum atomic E-state index is 12.3. The van der Waals surface area contributed by atoms with E-state index in [-0.39, 0.29) is 5.56 Å². The lowest BCUT2D eigenvalue weighted by Crippen LogP contribution is -2.03. The highest BCUT2D eigenvalue weighted by molar-refractivity contribution is 9.10. The number of halogens is 1. The molecule has 0 aliphatic heterocycles. The summed E-state index contributed by atoms with van der Waals surface area (Å²) in [7, 11) is 0. The molecule has 0 atom stereocenters. The zero-order valence-corrected chi connectivity index (χ0v) is 16.7. The number of aromatic carboxylic acids is 1. The van der Waals surface area contributed by atoms with Crippen molar-refractivity contribution in [3.63, 3.8) is 0 Å². The van der Waals surface area contributed by atoms with Crippen LogP contribution in [0.1, 0.15) is 15.9 Å². The summed E-state index contributed by atoms with van der Waals surface area (Å²) < 4.78 is 2.51. The third-order valence-corrected chi connectivity index (χ3v) is 4.98. The Balaban J connectivity index is 2.04. The zero-order chi connectivity index (χ0) is 20.4. The fraction of sp³-hybridized carbons (Fsp3) is 0. The lowest BCUT2D eigenvalue weighted by atomic mass is 10.0. The highest BCUT2D eigenvalue weighted by atomic mass is 79.9. The zero-order valence-electron chi connectivity index (χ0n) is 15.1. The molecule has 5 nitrogen and oxygen atoms in total. The first-order valence-electron chi connectivity index (χ1n) is 8.76. The van der Waals surface area contributed by atoms with Crippen LogP contribution in [0.15, 0.2) is 83.3 Å². The number of hydrogen-bond donors (Lipinski definition) is 1. The van der Waals surface area contributed by atoms with E-state index in [1.54, 1.807) is 28.9 Å². The monoisotopic (exact) mass is 443 g/mol. The van der Waals surface area contributed by atoms with Crippen LogP contribution >= 0.6 is 15.9 Å². The molecule has 0 fully saturated rings. The Morgan fingerprint density at radius 2 is 1.69 bits per heavy atom. The Morgan fingerprint density at radius 3 is 2.31 bits per heavy atom. The van der Waals surface area contributed by atoms with Crippen molar-refractivity contribution in [2.45, 2.75) is 0 Å². The molecular formula is C23H14BrN3O2. The molecule has 1 aromatic heterocycles. The van der Waals surface area contributed by atoms with E-state index >= 15 is 0 Å². The first kappa shape index (κ1) is 18.7. The molecule has 0 radical (unpaired) electrons. The van der Waals surface area contributed by atoms with E-state index in [2.05, 4.69) is 27.1 Å². The van der Waals surface area contributed by atoms with Crippen LogP contribution in [-0.4, -0.2) is 20.9 Å². The van der Waals surface area contributed by atoms with Gasteiger partial charge < -0.3 is 5.11 Å². The van der Waals surface area contributed by atoms with E-state index in [0.29, 0.717) is 22.5 Å². The van der Waals surface area contributed by atoms with Gasteiger partial charge in [0.05, 0.1) is 23.0 Å². The van der Waals surface area contributed by atoms with Gasteiger partial charge >= 0.3 is 5.97 Å². The normalized spacial score (nSPS) is 10.5. The average Bonchev–Trinajstić information content (AvgIpc) is 3.15. The van der Waals surface area contributed by atoms with Crippen LogP contribution < -0.4 is 0 Å². The topological polar surface area (TPSA) is 78.9 Å². The minimum absolute atomic E-state index is 0.112. The van der Waals surface area contributed by atoms with E-state index in [0.717, 1.165) is 15.7 Å². The molecule has 0 saturated carbocycles. The lowest BCUT2D eigenvalue weighted by molar-refractivity contribution is 0.0698. The van der Waals surface area contributed by atoms with Gasteiger partial charge in [-0.3, -0.25) is 0 Å². The fourth-order valence-corrected chi connectivity index (χ4v) is 3.57. The quantitative estimate of drug-likeness (QED) is 0.449. The van der Waals surface area contributed by atoms with Gasteiger partial charge in [0.15, 0.2) is 0 Å². The summed E-state index contributed by atoms with van der Waals surface area (Å²) in [4.78, 5) is 12.3. The van der Waals surface area contributed by atoms with Gasteiger partial charge in [0, 0.05) is 15.6 Å². The van der Waals surface area contributed by atoms with Crippen molar-refractivity contribution in [2.75, 3.05) is 0 Å². The summed E-state index contributed by atoms with van der Waals surface area (Å²) >= 11 is 3.47. The van der Waals surface area contributed by atoms with Gasteiger partial charge in [0.1, 0.15) is 11.3 Å². The maximum absolute atomic E-state index is 12.3. The van der Waals surface area contributed by atoms with Crippen LogP contribution in [-0.2, 0) is 0 Å². The van der Waals surface area contributed by atoms with Gasteiger partial charge in [-0.2, -0.15) is 10.4 Å². The van der Waals surface area contributed by atoms with Crippen LogP contribution in [0.4, 0.5) is 0 Å². The molecular weight excluding hydrogens is 430 g/mol. The van der Waals surface area contributed by atoms with Crippen molar-refractivity contribution in [3.05, 3.63) is 94.5 Å². The molecule has 0 aliphatic carbocycles. The number of aromatic nitrogens is 2. The highest BCUT2D eigenvalue weighted by Gasteiger charge is 2.26. The van der Waals surface area contributed by atoms with Crippen LogP contribution in [0.25, 0.3) is 28.2 Å².